The summed E-state index contributed by atoms with van der Waals surface area (Å²) in [6.07, 6.45) is 5.69. The van der Waals surface area contributed by atoms with Gasteiger partial charge in [0.1, 0.15) is 12.1 Å². The van der Waals surface area contributed by atoms with E-state index in [1.165, 1.54) is 12.0 Å². The van der Waals surface area contributed by atoms with Crippen molar-refractivity contribution in [3.05, 3.63) is 54.0 Å². The van der Waals surface area contributed by atoms with E-state index in [1.54, 1.807) is 12.5 Å². The van der Waals surface area contributed by atoms with E-state index >= 15 is 0 Å². The molecule has 0 spiro atoms. The molecule has 8 nitrogen and oxygen atoms in total. The van der Waals surface area contributed by atoms with Crippen LogP contribution in [0.25, 0.3) is 5.78 Å². The van der Waals surface area contributed by atoms with Gasteiger partial charge in [-0.1, -0.05) is 12.1 Å². The number of piperazine rings is 1. The van der Waals surface area contributed by atoms with E-state index in [4.69, 9.17) is 0 Å². The number of rotatable bonds is 4. The van der Waals surface area contributed by atoms with Gasteiger partial charge in [0, 0.05) is 37.9 Å². The number of aromatic nitrogens is 4. The first kappa shape index (κ1) is 23.2. The highest BCUT2D eigenvalue weighted by atomic mass is 35.5. The van der Waals surface area contributed by atoms with Gasteiger partial charge in [-0.2, -0.15) is 0 Å². The minimum atomic E-state index is 0. The summed E-state index contributed by atoms with van der Waals surface area (Å²) in [5.41, 5.74) is 2.06. The summed E-state index contributed by atoms with van der Waals surface area (Å²) in [5.74, 6) is 2.41. The molecule has 0 saturated carbocycles. The molecule has 10 heteroatoms. The number of hydrogen-bond acceptors (Lipinski definition) is 6. The molecule has 2 aliphatic heterocycles. The van der Waals surface area contributed by atoms with Crippen LogP contribution in [0, 0.1) is 5.92 Å². The average molecular weight is 464 g/mol. The Bertz CT molecular complexity index is 1010. The number of amides is 1. The molecule has 0 radical (unpaired) electrons. The van der Waals surface area contributed by atoms with Gasteiger partial charge in [0.05, 0.1) is 0 Å². The van der Waals surface area contributed by atoms with E-state index in [1.807, 2.05) is 27.5 Å². The average Bonchev–Trinajstić information content (AvgIpc) is 3.45. The summed E-state index contributed by atoms with van der Waals surface area (Å²) in [6.45, 7) is 5.12. The Morgan fingerprint density at radius 2 is 1.97 bits per heavy atom. The highest BCUT2D eigenvalue weighted by Gasteiger charge is 2.24. The smallest absolute Gasteiger partial charge is 0.256 e. The number of fused-ring (bicyclic) bond motifs is 1. The molecular formula is C21H27Cl2N7O. The SMILES string of the molecule is Cl.Cl.O=C(c1cccc(CC2CCNC2)c1)N1CCN(c2ccnc3nncn23)CC1. The van der Waals surface area contributed by atoms with Gasteiger partial charge >= 0.3 is 0 Å². The lowest BCUT2D eigenvalue weighted by Gasteiger charge is -2.36. The Balaban J connectivity index is 0.00000136. The van der Waals surface area contributed by atoms with Crippen molar-refractivity contribution in [1.29, 1.82) is 0 Å². The van der Waals surface area contributed by atoms with Crippen LogP contribution in [-0.4, -0.2) is 69.7 Å². The normalized spacial score (nSPS) is 18.5. The fraction of sp³-hybridized carbons (Fsp3) is 0.429. The Kier molecular flexibility index (Phi) is 7.69. The van der Waals surface area contributed by atoms with Gasteiger partial charge in [-0.3, -0.25) is 9.20 Å². The molecule has 1 aromatic carbocycles. The Morgan fingerprint density at radius 1 is 1.13 bits per heavy atom. The standard InChI is InChI=1S/C21H25N7O.2ClH/c29-20(18-3-1-2-16(13-18)12-17-4-6-22-14-17)27-10-8-26(9-11-27)19-5-7-23-21-25-24-15-28(19)21;;/h1-3,5,7,13,15,17,22H,4,6,8-12,14H2;2*1H. The molecule has 0 aliphatic carbocycles. The summed E-state index contributed by atoms with van der Waals surface area (Å²) in [6, 6.07) is 10.1. The first-order valence-corrected chi connectivity index (χ1v) is 10.3. The number of halogens is 2. The quantitative estimate of drug-likeness (QED) is 0.637. The maximum atomic E-state index is 13.1. The first-order chi connectivity index (χ1) is 14.3. The van der Waals surface area contributed by atoms with Crippen LogP contribution in [0.3, 0.4) is 0 Å². The fourth-order valence-corrected chi connectivity index (χ4v) is 4.36. The van der Waals surface area contributed by atoms with Gasteiger partial charge in [-0.15, -0.1) is 35.0 Å². The van der Waals surface area contributed by atoms with Crippen molar-refractivity contribution in [2.75, 3.05) is 44.2 Å². The van der Waals surface area contributed by atoms with Crippen molar-refractivity contribution in [3.63, 3.8) is 0 Å². The highest BCUT2D eigenvalue weighted by molar-refractivity contribution is 5.94. The summed E-state index contributed by atoms with van der Waals surface area (Å²) in [7, 11) is 0. The van der Waals surface area contributed by atoms with Crippen molar-refractivity contribution in [2.45, 2.75) is 12.8 Å². The number of hydrogen-bond donors (Lipinski definition) is 1. The number of carbonyl (C=O) groups excluding carboxylic acids is 1. The second-order valence-corrected chi connectivity index (χ2v) is 7.85. The van der Waals surface area contributed by atoms with Gasteiger partial charge in [0.25, 0.3) is 11.7 Å². The largest absolute Gasteiger partial charge is 0.354 e. The second kappa shape index (κ2) is 10.3. The van der Waals surface area contributed by atoms with Crippen LogP contribution in [0.15, 0.2) is 42.9 Å². The van der Waals surface area contributed by atoms with E-state index in [0.29, 0.717) is 24.8 Å². The fourth-order valence-electron chi connectivity index (χ4n) is 4.36. The van der Waals surface area contributed by atoms with Crippen molar-refractivity contribution >= 4 is 42.3 Å². The van der Waals surface area contributed by atoms with Crippen LogP contribution >= 0.6 is 24.8 Å². The third-order valence-electron chi connectivity index (χ3n) is 5.94. The van der Waals surface area contributed by atoms with E-state index < -0.39 is 0 Å². The number of benzene rings is 1. The minimum absolute atomic E-state index is 0. The predicted molar refractivity (Wildman–Crippen MR) is 125 cm³/mol. The summed E-state index contributed by atoms with van der Waals surface area (Å²) >= 11 is 0. The number of carbonyl (C=O) groups is 1. The van der Waals surface area contributed by atoms with E-state index in [0.717, 1.165) is 44.0 Å². The third kappa shape index (κ3) is 4.92. The van der Waals surface area contributed by atoms with E-state index in [2.05, 4.69) is 37.5 Å². The topological polar surface area (TPSA) is 78.7 Å². The molecule has 31 heavy (non-hydrogen) atoms. The van der Waals surface area contributed by atoms with Gasteiger partial charge in [-0.25, -0.2) is 4.98 Å². The molecule has 1 atom stereocenters. The van der Waals surface area contributed by atoms with Crippen LogP contribution in [0.2, 0.25) is 0 Å². The molecular weight excluding hydrogens is 437 g/mol. The van der Waals surface area contributed by atoms with Crippen molar-refractivity contribution in [3.8, 4) is 0 Å². The zero-order valence-electron chi connectivity index (χ0n) is 17.2. The summed E-state index contributed by atoms with van der Waals surface area (Å²) in [4.78, 5) is 21.5. The molecule has 1 N–H and O–H groups in total. The van der Waals surface area contributed by atoms with Crippen molar-refractivity contribution in [2.24, 2.45) is 5.92 Å². The van der Waals surface area contributed by atoms with Crippen molar-refractivity contribution < 1.29 is 4.79 Å². The summed E-state index contributed by atoms with van der Waals surface area (Å²) in [5, 5.41) is 11.4. The molecule has 2 fully saturated rings. The van der Waals surface area contributed by atoms with Gasteiger partial charge in [-0.05, 0) is 55.6 Å². The molecule has 2 saturated heterocycles. The van der Waals surface area contributed by atoms with Crippen LogP contribution < -0.4 is 10.2 Å². The van der Waals surface area contributed by atoms with Gasteiger partial charge in [0.2, 0.25) is 0 Å². The van der Waals surface area contributed by atoms with E-state index in [9.17, 15) is 4.79 Å². The number of nitrogens with one attached hydrogen (secondary N) is 1. The molecule has 1 unspecified atom stereocenters. The molecule has 2 aliphatic rings. The predicted octanol–water partition coefficient (Wildman–Crippen LogP) is 2.08. The second-order valence-electron chi connectivity index (χ2n) is 7.85. The zero-order valence-corrected chi connectivity index (χ0v) is 18.8. The van der Waals surface area contributed by atoms with Gasteiger partial charge in [0.15, 0.2) is 0 Å². The van der Waals surface area contributed by atoms with Crippen LogP contribution in [0.4, 0.5) is 5.82 Å². The minimum Gasteiger partial charge on any atom is -0.354 e. The maximum absolute atomic E-state index is 13.1. The lowest BCUT2D eigenvalue weighted by atomic mass is 9.97. The Morgan fingerprint density at radius 3 is 2.74 bits per heavy atom. The monoisotopic (exact) mass is 463 g/mol. The molecule has 3 aromatic rings. The van der Waals surface area contributed by atoms with Crippen LogP contribution in [-0.2, 0) is 6.42 Å². The number of nitrogens with zero attached hydrogens (tertiary/aromatic N) is 6. The first-order valence-electron chi connectivity index (χ1n) is 10.3. The third-order valence-corrected chi connectivity index (χ3v) is 5.94. The maximum Gasteiger partial charge on any atom is 0.256 e. The number of anilines is 1. The molecule has 2 aromatic heterocycles. The molecule has 0 bridgehead atoms. The van der Waals surface area contributed by atoms with Crippen LogP contribution in [0.1, 0.15) is 22.3 Å². The molecule has 5 rings (SSSR count). The molecule has 1 amide bonds. The Labute approximate surface area is 193 Å². The zero-order chi connectivity index (χ0) is 19.6. The van der Waals surface area contributed by atoms with Gasteiger partial charge < -0.3 is 15.1 Å². The summed E-state index contributed by atoms with van der Waals surface area (Å²) < 4.78 is 1.89. The Hall–Kier alpha value is -2.42. The highest BCUT2D eigenvalue weighted by Crippen LogP contribution is 2.19. The lowest BCUT2D eigenvalue weighted by Crippen LogP contribution is -2.49. The van der Waals surface area contributed by atoms with Crippen LogP contribution in [0.5, 0.6) is 0 Å². The molecule has 166 valence electrons. The van der Waals surface area contributed by atoms with Crippen molar-refractivity contribution in [1.82, 2.24) is 29.8 Å². The van der Waals surface area contributed by atoms with E-state index in [-0.39, 0.29) is 30.7 Å². The lowest BCUT2D eigenvalue weighted by molar-refractivity contribution is 0.0746. The molecule has 4 heterocycles.